The van der Waals surface area contributed by atoms with Crippen molar-refractivity contribution in [2.24, 2.45) is 7.05 Å². The molecule has 12 heteroatoms. The Kier molecular flexibility index (Phi) is 13.6. The lowest BCUT2D eigenvalue weighted by atomic mass is 9.62. The van der Waals surface area contributed by atoms with Gasteiger partial charge in [0.1, 0.15) is 11.2 Å². The first-order valence-electron chi connectivity index (χ1n) is 17.9. The third-order valence-electron chi connectivity index (χ3n) is 10.1. The van der Waals surface area contributed by atoms with Crippen LogP contribution in [0.5, 0.6) is 0 Å². The number of aromatic nitrogens is 1. The molecule has 4 aromatic rings. The zero-order valence-corrected chi connectivity index (χ0v) is 33.1. The van der Waals surface area contributed by atoms with E-state index >= 15 is 0 Å². The minimum atomic E-state index is -1.19. The van der Waals surface area contributed by atoms with Crippen LogP contribution >= 0.6 is 27.0 Å². The first-order valence-corrected chi connectivity index (χ1v) is 17.9. The number of likely N-dealkylation sites (tertiary alicyclic amines) is 1. The quantitative estimate of drug-likeness (QED) is 0.232. The summed E-state index contributed by atoms with van der Waals surface area (Å²) in [4.78, 5) is 70.0. The lowest BCUT2D eigenvalue weighted by Gasteiger charge is -2.43. The third kappa shape index (κ3) is 8.76. The number of fused-ring (bicyclic) bond motifs is 1. The fourth-order valence-corrected chi connectivity index (χ4v) is 7.52. The molecule has 54 heavy (non-hydrogen) atoms. The van der Waals surface area contributed by atoms with Gasteiger partial charge in [0.25, 0.3) is 11.5 Å². The molecule has 0 radical (unpaired) electrons. The van der Waals surface area contributed by atoms with E-state index in [-0.39, 0.29) is 56.0 Å². The van der Waals surface area contributed by atoms with Gasteiger partial charge < -0.3 is 24.8 Å². The van der Waals surface area contributed by atoms with Crippen molar-refractivity contribution in [1.29, 1.82) is 0 Å². The van der Waals surface area contributed by atoms with Crippen LogP contribution in [0.4, 0.5) is 0 Å². The number of aryl methyl sites for hydroxylation is 1. The third-order valence-corrected chi connectivity index (χ3v) is 10.1. The molecule has 2 heterocycles. The SMILES string of the molecule is Cn1cccc(C(=O)NC2CCN(C(=O)[C@H]3CC[C@@](C(=O)N[C@@H](C(=O)OC(C)(C)C)c4ccccc4)(c4ccccc4)c4ccccc43)CC2)c1=O.S.S. The second-order valence-corrected chi connectivity index (χ2v) is 14.7. The van der Waals surface area contributed by atoms with Gasteiger partial charge in [-0.2, -0.15) is 27.0 Å². The maximum absolute atomic E-state index is 14.9. The van der Waals surface area contributed by atoms with Crippen LogP contribution < -0.4 is 16.2 Å². The number of ether oxygens (including phenoxy) is 1. The summed E-state index contributed by atoms with van der Waals surface area (Å²) in [6, 6.07) is 28.2. The first-order chi connectivity index (χ1) is 24.9. The molecule has 1 saturated heterocycles. The minimum absolute atomic E-state index is 0. The predicted molar refractivity (Wildman–Crippen MR) is 218 cm³/mol. The molecule has 0 bridgehead atoms. The highest BCUT2D eigenvalue weighted by molar-refractivity contribution is 7.59. The minimum Gasteiger partial charge on any atom is -0.458 e. The molecule has 1 aliphatic heterocycles. The van der Waals surface area contributed by atoms with E-state index in [9.17, 15) is 24.0 Å². The number of nitrogens with zero attached hydrogens (tertiary/aromatic N) is 2. The Morgan fingerprint density at radius 1 is 0.815 bits per heavy atom. The van der Waals surface area contributed by atoms with Crippen molar-refractivity contribution < 1.29 is 23.9 Å². The van der Waals surface area contributed by atoms with Gasteiger partial charge in [0.05, 0.1) is 11.3 Å². The summed E-state index contributed by atoms with van der Waals surface area (Å²) in [6.45, 7) is 6.28. The summed E-state index contributed by atoms with van der Waals surface area (Å²) < 4.78 is 7.16. The monoisotopic (exact) mass is 770 g/mol. The Balaban J connectivity index is 0.00000325. The Labute approximate surface area is 330 Å². The summed E-state index contributed by atoms with van der Waals surface area (Å²) in [5, 5.41) is 6.07. The summed E-state index contributed by atoms with van der Waals surface area (Å²) in [6.07, 6.45) is 3.47. The van der Waals surface area contributed by atoms with Crippen molar-refractivity contribution >= 4 is 50.7 Å². The van der Waals surface area contributed by atoms with E-state index in [2.05, 4.69) is 10.6 Å². The number of amides is 3. The highest BCUT2D eigenvalue weighted by Crippen LogP contribution is 2.48. The van der Waals surface area contributed by atoms with Crippen LogP contribution in [0, 0.1) is 0 Å². The van der Waals surface area contributed by atoms with Gasteiger partial charge in [-0.3, -0.25) is 19.2 Å². The molecule has 0 spiro atoms. The standard InChI is InChI=1S/C42H46N4O6.2H2S/c1-41(2,3)52-39(50)35(28-14-7-5-8-15-28)44-40(51)42(29-16-9-6-10-17-29)24-21-32(31-18-11-12-20-34(31)42)38(49)46-26-22-30(23-27-46)43-36(47)33-19-13-25-45(4)37(33)48;;/h5-20,25,30,32,35H,21-24,26-27H2,1-4H3,(H,43,47)(H,44,51);2*1H2/t32-,35+,42+;;/m0../s1. The highest BCUT2D eigenvalue weighted by atomic mass is 32.1. The van der Waals surface area contributed by atoms with Gasteiger partial charge in [0.15, 0.2) is 6.04 Å². The number of piperidine rings is 1. The van der Waals surface area contributed by atoms with Crippen molar-refractivity contribution in [2.45, 2.75) is 75.5 Å². The van der Waals surface area contributed by atoms with Crippen LogP contribution in [-0.4, -0.2) is 57.9 Å². The van der Waals surface area contributed by atoms with E-state index in [4.69, 9.17) is 4.74 Å². The number of carbonyl (C=O) groups is 4. The van der Waals surface area contributed by atoms with Gasteiger partial charge in [0, 0.05) is 32.4 Å². The molecule has 6 rings (SSSR count). The van der Waals surface area contributed by atoms with Crippen LogP contribution in [0.1, 0.15) is 91.0 Å². The molecule has 1 aliphatic carbocycles. The van der Waals surface area contributed by atoms with E-state index in [1.807, 2.05) is 77.7 Å². The maximum Gasteiger partial charge on any atom is 0.333 e. The molecular formula is C42H50N4O6S2. The zero-order valence-electron chi connectivity index (χ0n) is 31.1. The number of hydrogen-bond acceptors (Lipinski definition) is 6. The molecule has 3 atom stereocenters. The van der Waals surface area contributed by atoms with Crippen molar-refractivity contribution in [3.05, 3.63) is 141 Å². The van der Waals surface area contributed by atoms with Gasteiger partial charge in [-0.15, -0.1) is 0 Å². The van der Waals surface area contributed by atoms with Gasteiger partial charge >= 0.3 is 5.97 Å². The largest absolute Gasteiger partial charge is 0.458 e. The number of rotatable bonds is 8. The number of pyridine rings is 1. The second kappa shape index (κ2) is 17.6. The van der Waals surface area contributed by atoms with Crippen LogP contribution in [0.3, 0.4) is 0 Å². The molecule has 2 N–H and O–H groups in total. The average molecular weight is 771 g/mol. The summed E-state index contributed by atoms with van der Waals surface area (Å²) >= 11 is 0. The van der Waals surface area contributed by atoms with Crippen LogP contribution in [0.25, 0.3) is 0 Å². The molecule has 2 aliphatic rings. The normalized spacial score (nSPS) is 18.8. The Morgan fingerprint density at radius 3 is 2.07 bits per heavy atom. The Morgan fingerprint density at radius 2 is 1.43 bits per heavy atom. The van der Waals surface area contributed by atoms with Crippen molar-refractivity contribution in [1.82, 2.24) is 20.1 Å². The second-order valence-electron chi connectivity index (χ2n) is 14.7. The number of nitrogens with one attached hydrogen (secondary N) is 2. The number of esters is 1. The van der Waals surface area contributed by atoms with Crippen molar-refractivity contribution in [3.8, 4) is 0 Å². The van der Waals surface area contributed by atoms with E-state index in [1.165, 1.54) is 10.6 Å². The van der Waals surface area contributed by atoms with Gasteiger partial charge in [-0.1, -0.05) is 84.9 Å². The first kappa shape index (κ1) is 41.9. The highest BCUT2D eigenvalue weighted by Gasteiger charge is 2.50. The predicted octanol–water partition coefficient (Wildman–Crippen LogP) is 5.39. The molecule has 3 amide bonds. The Hall–Kier alpha value is -4.81. The molecule has 0 unspecified atom stereocenters. The van der Waals surface area contributed by atoms with Crippen LogP contribution in [-0.2, 0) is 31.6 Å². The molecule has 1 fully saturated rings. The topological polar surface area (TPSA) is 127 Å². The maximum atomic E-state index is 14.9. The van der Waals surface area contributed by atoms with Gasteiger partial charge in [-0.25, -0.2) is 4.79 Å². The number of hydrogen-bond donors (Lipinski definition) is 2. The van der Waals surface area contributed by atoms with Crippen molar-refractivity contribution in [3.63, 3.8) is 0 Å². The summed E-state index contributed by atoms with van der Waals surface area (Å²) in [5.74, 6) is -1.81. The van der Waals surface area contributed by atoms with E-state index in [1.54, 1.807) is 52.2 Å². The van der Waals surface area contributed by atoms with Gasteiger partial charge in [0.2, 0.25) is 11.8 Å². The van der Waals surface area contributed by atoms with E-state index in [0.29, 0.717) is 44.3 Å². The molecule has 0 saturated carbocycles. The van der Waals surface area contributed by atoms with Crippen LogP contribution in [0.15, 0.2) is 108 Å². The number of benzene rings is 3. The lowest BCUT2D eigenvalue weighted by molar-refractivity contribution is -0.159. The lowest BCUT2D eigenvalue weighted by Crippen LogP contribution is -2.52. The fourth-order valence-electron chi connectivity index (χ4n) is 7.52. The average Bonchev–Trinajstić information content (AvgIpc) is 3.14. The fraction of sp³-hybridized carbons (Fsp3) is 0.357. The van der Waals surface area contributed by atoms with E-state index in [0.717, 1.165) is 16.7 Å². The number of carbonyl (C=O) groups excluding carboxylic acids is 4. The zero-order chi connectivity index (χ0) is 37.0. The van der Waals surface area contributed by atoms with E-state index < -0.39 is 34.9 Å². The molecule has 10 nitrogen and oxygen atoms in total. The van der Waals surface area contributed by atoms with Crippen LogP contribution in [0.2, 0.25) is 0 Å². The molecular weight excluding hydrogens is 721 g/mol. The summed E-state index contributed by atoms with van der Waals surface area (Å²) in [5.41, 5.74) is 0.668. The Bertz CT molecular complexity index is 2010. The molecule has 3 aromatic carbocycles. The van der Waals surface area contributed by atoms with Crippen molar-refractivity contribution in [2.75, 3.05) is 13.1 Å². The molecule has 286 valence electrons. The summed E-state index contributed by atoms with van der Waals surface area (Å²) in [7, 11) is 1.61. The van der Waals surface area contributed by atoms with Gasteiger partial charge in [-0.05, 0) is 80.8 Å². The molecule has 1 aromatic heterocycles. The smallest absolute Gasteiger partial charge is 0.333 e.